The van der Waals surface area contributed by atoms with Crippen molar-refractivity contribution >= 4 is 12.4 Å². The van der Waals surface area contributed by atoms with Gasteiger partial charge in [-0.05, 0) is 36.2 Å². The molecule has 68 valence electrons. The molecule has 0 heterocycles. The first kappa shape index (κ1) is 9.25. The van der Waals surface area contributed by atoms with E-state index in [0.29, 0.717) is 17.8 Å². The predicted molar refractivity (Wildman–Crippen MR) is 42.2 cm³/mol. The summed E-state index contributed by atoms with van der Waals surface area (Å²) >= 11 is 0. The van der Waals surface area contributed by atoms with Crippen LogP contribution in [0.4, 0.5) is 0 Å². The quantitative estimate of drug-likeness (QED) is 0.607. The van der Waals surface area contributed by atoms with Crippen molar-refractivity contribution in [3.8, 4) is 5.75 Å². The van der Waals surface area contributed by atoms with Crippen molar-refractivity contribution in [3.05, 3.63) is 29.3 Å². The van der Waals surface area contributed by atoms with E-state index in [1.54, 1.807) is 6.92 Å². The zero-order valence-corrected chi connectivity index (χ0v) is 6.94. The number of carboxylic acids is 1. The molecule has 0 saturated carbocycles. The summed E-state index contributed by atoms with van der Waals surface area (Å²) < 4.78 is 4.58. The summed E-state index contributed by atoms with van der Waals surface area (Å²) in [5.41, 5.74) is 0.643. The Morgan fingerprint density at radius 1 is 1.54 bits per heavy atom. The van der Waals surface area contributed by atoms with E-state index >= 15 is 0 Å². The van der Waals surface area contributed by atoms with Crippen LogP contribution in [0.3, 0.4) is 0 Å². The van der Waals surface area contributed by atoms with Crippen LogP contribution in [0.15, 0.2) is 18.2 Å². The number of rotatable bonds is 3. The van der Waals surface area contributed by atoms with E-state index in [2.05, 4.69) is 4.74 Å². The van der Waals surface area contributed by atoms with E-state index in [1.807, 2.05) is 0 Å². The van der Waals surface area contributed by atoms with Gasteiger partial charge < -0.3 is 14.6 Å². The van der Waals surface area contributed by atoms with Crippen molar-refractivity contribution in [2.24, 2.45) is 0 Å². The highest BCUT2D eigenvalue weighted by atomic mass is 16.5. The number of aromatic carboxylic acids is 1. The Hall–Kier alpha value is -1.84. The van der Waals surface area contributed by atoms with Crippen LogP contribution in [-0.2, 0) is 4.79 Å². The SMILES string of the molecule is Cc1cc(C(=O)[O-])ccc1OC=O. The summed E-state index contributed by atoms with van der Waals surface area (Å²) in [5.74, 6) is -0.902. The van der Waals surface area contributed by atoms with Gasteiger partial charge in [-0.3, -0.25) is 4.79 Å². The van der Waals surface area contributed by atoms with Crippen molar-refractivity contribution in [2.75, 3.05) is 0 Å². The molecule has 1 aromatic rings. The van der Waals surface area contributed by atoms with Gasteiger partial charge in [0.2, 0.25) is 0 Å². The van der Waals surface area contributed by atoms with Crippen LogP contribution in [0.2, 0.25) is 0 Å². The molecule has 0 radical (unpaired) electrons. The monoisotopic (exact) mass is 179 g/mol. The molecule has 0 bridgehead atoms. The normalized spacial score (nSPS) is 9.31. The number of hydrogen-bond acceptors (Lipinski definition) is 4. The summed E-state index contributed by atoms with van der Waals surface area (Å²) in [6, 6.07) is 4.12. The maximum absolute atomic E-state index is 10.4. The second-order valence-electron chi connectivity index (χ2n) is 2.48. The second-order valence-corrected chi connectivity index (χ2v) is 2.48. The molecule has 0 aliphatic heterocycles. The number of ether oxygens (including phenoxy) is 1. The third kappa shape index (κ3) is 2.05. The van der Waals surface area contributed by atoms with Crippen molar-refractivity contribution in [1.29, 1.82) is 0 Å². The summed E-state index contributed by atoms with van der Waals surface area (Å²) in [6.45, 7) is 1.94. The zero-order chi connectivity index (χ0) is 9.84. The molecule has 0 aliphatic rings. The molecule has 4 nitrogen and oxygen atoms in total. The topological polar surface area (TPSA) is 66.4 Å². The Bertz CT molecular complexity index is 343. The first-order valence-electron chi connectivity index (χ1n) is 3.57. The molecular weight excluding hydrogens is 172 g/mol. The Morgan fingerprint density at radius 3 is 2.69 bits per heavy atom. The van der Waals surface area contributed by atoms with Crippen LogP contribution in [-0.4, -0.2) is 12.4 Å². The minimum atomic E-state index is -1.25. The number of hydrogen-bond donors (Lipinski definition) is 0. The van der Waals surface area contributed by atoms with Gasteiger partial charge in [-0.1, -0.05) is 0 Å². The molecule has 0 amide bonds. The zero-order valence-electron chi connectivity index (χ0n) is 6.94. The summed E-state index contributed by atoms with van der Waals surface area (Å²) in [5, 5.41) is 10.4. The standard InChI is InChI=1S/C9H8O4/c1-6-4-7(9(11)12)2-3-8(6)13-5-10/h2-5H,1H3,(H,11,12)/p-1. The smallest absolute Gasteiger partial charge is 0.298 e. The van der Waals surface area contributed by atoms with Crippen molar-refractivity contribution < 1.29 is 19.4 Å². The van der Waals surface area contributed by atoms with Crippen LogP contribution in [0.25, 0.3) is 0 Å². The Morgan fingerprint density at radius 2 is 2.23 bits per heavy atom. The molecule has 0 atom stereocenters. The van der Waals surface area contributed by atoms with E-state index in [4.69, 9.17) is 0 Å². The molecular formula is C9H7O4-. The van der Waals surface area contributed by atoms with Gasteiger partial charge in [0.1, 0.15) is 5.75 Å². The first-order chi connectivity index (χ1) is 6.15. The number of carbonyl (C=O) groups is 2. The van der Waals surface area contributed by atoms with Crippen molar-refractivity contribution in [3.63, 3.8) is 0 Å². The third-order valence-corrected chi connectivity index (χ3v) is 1.59. The van der Waals surface area contributed by atoms with Gasteiger partial charge in [-0.25, -0.2) is 0 Å². The van der Waals surface area contributed by atoms with E-state index in [1.165, 1.54) is 18.2 Å². The van der Waals surface area contributed by atoms with Gasteiger partial charge in [-0.2, -0.15) is 0 Å². The van der Waals surface area contributed by atoms with Crippen LogP contribution in [0.5, 0.6) is 5.75 Å². The fraction of sp³-hybridized carbons (Fsp3) is 0.111. The molecule has 0 aliphatic carbocycles. The molecule has 1 aromatic carbocycles. The van der Waals surface area contributed by atoms with E-state index in [9.17, 15) is 14.7 Å². The summed E-state index contributed by atoms with van der Waals surface area (Å²) in [4.78, 5) is 20.4. The highest BCUT2D eigenvalue weighted by Gasteiger charge is 2.00. The van der Waals surface area contributed by atoms with Gasteiger partial charge in [0.05, 0.1) is 5.97 Å². The van der Waals surface area contributed by atoms with Gasteiger partial charge in [-0.15, -0.1) is 0 Å². The fourth-order valence-corrected chi connectivity index (χ4v) is 0.960. The van der Waals surface area contributed by atoms with Gasteiger partial charge in [0.25, 0.3) is 6.47 Å². The minimum Gasteiger partial charge on any atom is -0.545 e. The van der Waals surface area contributed by atoms with Crippen LogP contribution < -0.4 is 9.84 Å². The fourth-order valence-electron chi connectivity index (χ4n) is 0.960. The van der Waals surface area contributed by atoms with Gasteiger partial charge >= 0.3 is 0 Å². The lowest BCUT2D eigenvalue weighted by Gasteiger charge is -2.06. The van der Waals surface area contributed by atoms with E-state index in [-0.39, 0.29) is 5.56 Å². The lowest BCUT2D eigenvalue weighted by Crippen LogP contribution is -2.22. The van der Waals surface area contributed by atoms with E-state index < -0.39 is 5.97 Å². The lowest BCUT2D eigenvalue weighted by molar-refractivity contribution is -0.255. The predicted octanol–water partition coefficient (Wildman–Crippen LogP) is -0.106. The second kappa shape index (κ2) is 3.71. The highest BCUT2D eigenvalue weighted by molar-refractivity contribution is 5.86. The highest BCUT2D eigenvalue weighted by Crippen LogP contribution is 2.17. The molecule has 0 saturated heterocycles. The molecule has 0 unspecified atom stereocenters. The molecule has 1 rings (SSSR count). The number of carboxylic acid groups (broad SMARTS) is 1. The maximum Gasteiger partial charge on any atom is 0.298 e. The number of benzene rings is 1. The van der Waals surface area contributed by atoms with E-state index in [0.717, 1.165) is 0 Å². The van der Waals surface area contributed by atoms with Crippen molar-refractivity contribution in [2.45, 2.75) is 6.92 Å². The molecule has 0 aromatic heterocycles. The average Bonchev–Trinajstić information content (AvgIpc) is 2.08. The average molecular weight is 179 g/mol. The minimum absolute atomic E-state index is 0.0655. The van der Waals surface area contributed by atoms with Gasteiger partial charge in [0, 0.05) is 0 Å². The summed E-state index contributed by atoms with van der Waals surface area (Å²) in [7, 11) is 0. The molecule has 4 heteroatoms. The Balaban J connectivity index is 3.04. The van der Waals surface area contributed by atoms with Crippen LogP contribution in [0.1, 0.15) is 15.9 Å². The van der Waals surface area contributed by atoms with Crippen LogP contribution >= 0.6 is 0 Å². The molecule has 0 spiro atoms. The Labute approximate surface area is 74.8 Å². The van der Waals surface area contributed by atoms with Gasteiger partial charge in [0.15, 0.2) is 0 Å². The van der Waals surface area contributed by atoms with Crippen LogP contribution in [0, 0.1) is 6.92 Å². The maximum atomic E-state index is 10.4. The lowest BCUT2D eigenvalue weighted by atomic mass is 10.1. The largest absolute Gasteiger partial charge is 0.545 e. The summed E-state index contributed by atoms with van der Waals surface area (Å²) in [6.07, 6.45) is 0. The Kier molecular flexibility index (Phi) is 2.64. The molecule has 0 N–H and O–H groups in total. The van der Waals surface area contributed by atoms with Crippen molar-refractivity contribution in [1.82, 2.24) is 0 Å². The first-order valence-corrected chi connectivity index (χ1v) is 3.57. The number of aryl methyl sites for hydroxylation is 1. The number of carbonyl (C=O) groups excluding carboxylic acids is 2. The molecule has 13 heavy (non-hydrogen) atoms. The third-order valence-electron chi connectivity index (χ3n) is 1.59. The molecule has 0 fully saturated rings.